The van der Waals surface area contributed by atoms with Gasteiger partial charge in [-0.3, -0.25) is 8.98 Å². The number of amides is 1. The van der Waals surface area contributed by atoms with Crippen molar-refractivity contribution in [3.05, 3.63) is 68.4 Å². The molecular formula is C23H24Cl3FN2O4S. The second kappa shape index (κ2) is 12.2. The summed E-state index contributed by atoms with van der Waals surface area (Å²) in [5.74, 6) is -0.796. The maximum atomic E-state index is 14.1. The van der Waals surface area contributed by atoms with Crippen LogP contribution in [0.2, 0.25) is 15.1 Å². The number of halogens is 4. The Bertz CT molecular complexity index is 1170. The molecule has 1 saturated heterocycles. The summed E-state index contributed by atoms with van der Waals surface area (Å²) in [6.45, 7) is 2.12. The van der Waals surface area contributed by atoms with Gasteiger partial charge in [0.15, 0.2) is 0 Å². The summed E-state index contributed by atoms with van der Waals surface area (Å²) in [5, 5.41) is 8.28. The Morgan fingerprint density at radius 2 is 1.88 bits per heavy atom. The highest BCUT2D eigenvalue weighted by Crippen LogP contribution is 2.40. The predicted molar refractivity (Wildman–Crippen MR) is 131 cm³/mol. The molecule has 0 saturated carbocycles. The SMILES string of the molecule is CC#N.CS(=O)(=O)OCC[C@]1(c2ccc(Cl)c(Cl)c2)CCN(C(=O)Cc2c(F)cccc2Cl)C1. The Labute approximate surface area is 214 Å². The molecule has 0 bridgehead atoms. The van der Waals surface area contributed by atoms with Gasteiger partial charge in [-0.05, 0) is 42.7 Å². The van der Waals surface area contributed by atoms with Crippen LogP contribution in [0, 0.1) is 17.1 Å². The monoisotopic (exact) mass is 548 g/mol. The quantitative estimate of drug-likeness (QED) is 0.432. The van der Waals surface area contributed by atoms with E-state index in [0.29, 0.717) is 36.0 Å². The molecule has 0 radical (unpaired) electrons. The molecule has 0 aromatic heterocycles. The lowest BCUT2D eigenvalue weighted by Crippen LogP contribution is -2.36. The normalized spacial score (nSPS) is 17.6. The smallest absolute Gasteiger partial charge is 0.264 e. The van der Waals surface area contributed by atoms with Crippen molar-refractivity contribution in [3.8, 4) is 6.07 Å². The molecule has 1 amide bonds. The zero-order valence-corrected chi connectivity index (χ0v) is 21.7. The van der Waals surface area contributed by atoms with E-state index in [4.69, 9.17) is 44.2 Å². The first kappa shape index (κ1) is 28.3. The number of nitriles is 1. The molecule has 11 heteroatoms. The van der Waals surface area contributed by atoms with E-state index in [1.165, 1.54) is 19.1 Å². The fourth-order valence-electron chi connectivity index (χ4n) is 3.85. The van der Waals surface area contributed by atoms with E-state index in [2.05, 4.69) is 0 Å². The second-order valence-corrected chi connectivity index (χ2v) is 10.7. The van der Waals surface area contributed by atoms with Gasteiger partial charge in [-0.25, -0.2) is 4.39 Å². The van der Waals surface area contributed by atoms with Gasteiger partial charge in [0.05, 0.1) is 35.4 Å². The van der Waals surface area contributed by atoms with Crippen LogP contribution in [0.4, 0.5) is 4.39 Å². The van der Waals surface area contributed by atoms with Crippen LogP contribution in [0.25, 0.3) is 0 Å². The number of benzene rings is 2. The van der Waals surface area contributed by atoms with E-state index in [0.717, 1.165) is 11.8 Å². The Hall–Kier alpha value is -1.89. The van der Waals surface area contributed by atoms with Gasteiger partial charge in [-0.2, -0.15) is 13.7 Å². The molecule has 184 valence electrons. The highest BCUT2D eigenvalue weighted by Gasteiger charge is 2.41. The van der Waals surface area contributed by atoms with Gasteiger partial charge in [0, 0.05) is 36.0 Å². The van der Waals surface area contributed by atoms with E-state index in [9.17, 15) is 17.6 Å². The van der Waals surface area contributed by atoms with Crippen molar-refractivity contribution in [3.63, 3.8) is 0 Å². The summed E-state index contributed by atoms with van der Waals surface area (Å²) in [6.07, 6.45) is 1.74. The first-order chi connectivity index (χ1) is 15.9. The number of rotatable bonds is 7. The zero-order valence-electron chi connectivity index (χ0n) is 18.7. The third-order valence-corrected chi connectivity index (χ3v) is 7.19. The summed E-state index contributed by atoms with van der Waals surface area (Å²) in [6, 6.07) is 11.3. The van der Waals surface area contributed by atoms with Crippen molar-refractivity contribution < 1.29 is 21.8 Å². The average Bonchev–Trinajstić information content (AvgIpc) is 3.18. The van der Waals surface area contributed by atoms with Crippen molar-refractivity contribution in [1.82, 2.24) is 4.90 Å². The van der Waals surface area contributed by atoms with Crippen LogP contribution in [0.15, 0.2) is 36.4 Å². The minimum Gasteiger partial charge on any atom is -0.341 e. The fourth-order valence-corrected chi connectivity index (χ4v) is 4.76. The van der Waals surface area contributed by atoms with Crippen LogP contribution in [0.3, 0.4) is 0 Å². The van der Waals surface area contributed by atoms with E-state index >= 15 is 0 Å². The summed E-state index contributed by atoms with van der Waals surface area (Å²) in [4.78, 5) is 14.5. The summed E-state index contributed by atoms with van der Waals surface area (Å²) in [5.41, 5.74) is 0.410. The largest absolute Gasteiger partial charge is 0.341 e. The lowest BCUT2D eigenvalue weighted by atomic mass is 9.77. The van der Waals surface area contributed by atoms with Crippen molar-refractivity contribution in [2.75, 3.05) is 26.0 Å². The molecule has 1 fully saturated rings. The molecule has 2 aromatic carbocycles. The first-order valence-electron chi connectivity index (χ1n) is 10.2. The lowest BCUT2D eigenvalue weighted by Gasteiger charge is -2.30. The molecule has 2 aromatic rings. The molecule has 0 unspecified atom stereocenters. The summed E-state index contributed by atoms with van der Waals surface area (Å²) in [7, 11) is -3.60. The maximum absolute atomic E-state index is 14.1. The third-order valence-electron chi connectivity index (χ3n) is 5.51. The molecule has 0 spiro atoms. The first-order valence-corrected chi connectivity index (χ1v) is 13.2. The molecule has 0 aliphatic carbocycles. The Morgan fingerprint density at radius 1 is 1.21 bits per heavy atom. The number of hydrogen-bond donors (Lipinski definition) is 0. The topological polar surface area (TPSA) is 87.5 Å². The standard InChI is InChI=1S/C21H21Cl3FNO4S.C2H3N/c1-31(28,29)30-10-8-21(14-5-6-17(23)18(24)11-14)7-9-26(13-21)20(27)12-15-16(22)3-2-4-19(15)25;1-2-3/h2-6,11H,7-10,12-13H2,1H3;1H3/t21-;/m1./s1. The highest BCUT2D eigenvalue weighted by atomic mass is 35.5. The molecule has 1 heterocycles. The number of carbonyl (C=O) groups excluding carboxylic acids is 1. The Balaban J connectivity index is 0.00000129. The Kier molecular flexibility index (Phi) is 10.2. The number of likely N-dealkylation sites (tertiary alicyclic amines) is 1. The van der Waals surface area contributed by atoms with E-state index in [-0.39, 0.29) is 29.5 Å². The van der Waals surface area contributed by atoms with Crippen molar-refractivity contribution >= 4 is 50.8 Å². The maximum Gasteiger partial charge on any atom is 0.264 e. The fraction of sp³-hybridized carbons (Fsp3) is 0.391. The number of nitrogens with zero attached hydrogens (tertiary/aromatic N) is 2. The summed E-state index contributed by atoms with van der Waals surface area (Å²) < 4.78 is 41.9. The molecule has 1 aliphatic rings. The van der Waals surface area contributed by atoms with Crippen molar-refractivity contribution in [1.29, 1.82) is 5.26 Å². The molecule has 0 N–H and O–H groups in total. The Morgan fingerprint density at radius 3 is 2.47 bits per heavy atom. The zero-order chi connectivity index (χ0) is 25.5. The minimum atomic E-state index is -3.60. The van der Waals surface area contributed by atoms with Crippen LogP contribution in [-0.4, -0.2) is 45.2 Å². The second-order valence-electron chi connectivity index (χ2n) is 7.85. The van der Waals surface area contributed by atoms with Crippen LogP contribution in [0.1, 0.15) is 30.9 Å². The average molecular weight is 550 g/mol. The molecule has 1 aliphatic heterocycles. The summed E-state index contributed by atoms with van der Waals surface area (Å²) >= 11 is 18.3. The van der Waals surface area contributed by atoms with Crippen LogP contribution in [-0.2, 0) is 30.9 Å². The van der Waals surface area contributed by atoms with Gasteiger partial charge >= 0.3 is 0 Å². The van der Waals surface area contributed by atoms with E-state index in [1.54, 1.807) is 29.2 Å². The number of carbonyl (C=O) groups is 1. The predicted octanol–water partition coefficient (Wildman–Crippen LogP) is 5.39. The molecule has 3 rings (SSSR count). The van der Waals surface area contributed by atoms with Gasteiger partial charge in [0.2, 0.25) is 5.91 Å². The van der Waals surface area contributed by atoms with Crippen molar-refractivity contribution in [2.45, 2.75) is 31.6 Å². The van der Waals surface area contributed by atoms with Gasteiger partial charge in [-0.1, -0.05) is 46.9 Å². The molecule has 1 atom stereocenters. The van der Waals surface area contributed by atoms with Crippen molar-refractivity contribution in [2.24, 2.45) is 0 Å². The van der Waals surface area contributed by atoms with Gasteiger partial charge in [0.1, 0.15) is 5.82 Å². The van der Waals surface area contributed by atoms with E-state index in [1.807, 2.05) is 6.07 Å². The van der Waals surface area contributed by atoms with Gasteiger partial charge in [0.25, 0.3) is 10.1 Å². The van der Waals surface area contributed by atoms with E-state index < -0.39 is 21.4 Å². The van der Waals surface area contributed by atoms with Crippen LogP contribution < -0.4 is 0 Å². The minimum absolute atomic E-state index is 0.0414. The number of hydrogen-bond acceptors (Lipinski definition) is 5. The molecular weight excluding hydrogens is 526 g/mol. The molecule has 34 heavy (non-hydrogen) atoms. The van der Waals surface area contributed by atoms with Gasteiger partial charge in [-0.15, -0.1) is 0 Å². The third kappa shape index (κ3) is 7.56. The van der Waals surface area contributed by atoms with Crippen LogP contribution in [0.5, 0.6) is 0 Å². The van der Waals surface area contributed by atoms with Crippen LogP contribution >= 0.6 is 34.8 Å². The molecule has 6 nitrogen and oxygen atoms in total. The highest BCUT2D eigenvalue weighted by molar-refractivity contribution is 7.85. The lowest BCUT2D eigenvalue weighted by molar-refractivity contribution is -0.129. The van der Waals surface area contributed by atoms with Gasteiger partial charge < -0.3 is 4.90 Å².